The predicted octanol–water partition coefficient (Wildman–Crippen LogP) is 4.18. The van der Waals surface area contributed by atoms with Crippen molar-refractivity contribution < 1.29 is 19.1 Å². The number of fused-ring (bicyclic) bond motifs is 3. The van der Waals surface area contributed by atoms with E-state index in [4.69, 9.17) is 27.9 Å². The molecular weight excluding hydrogens is 427 g/mol. The number of nitrogens with zero attached hydrogens (tertiary/aromatic N) is 2. The average molecular weight is 445 g/mol. The molecule has 0 radical (unpaired) electrons. The summed E-state index contributed by atoms with van der Waals surface area (Å²) in [6, 6.07) is 11.9. The summed E-state index contributed by atoms with van der Waals surface area (Å²) >= 11 is 12.4. The molecule has 0 aromatic heterocycles. The topological polar surface area (TPSA) is 66.9 Å². The first-order valence-corrected chi connectivity index (χ1v) is 10.6. The molecule has 1 saturated heterocycles. The van der Waals surface area contributed by atoms with Gasteiger partial charge in [0.1, 0.15) is 6.61 Å². The van der Waals surface area contributed by atoms with E-state index in [1.165, 1.54) is 4.90 Å². The monoisotopic (exact) mass is 444 g/mol. The standard InChI is InChI=1S/C22H18Cl2N2O4/c23-16-5-3-6-17(24)15(16)12-30-21(29)22-11-10-19(27)26(22)18-7-2-1-4-14(18)20(28)25(22)13-8-9-13/h1-7,13H,8-12H2/t22-/m0/s1. The van der Waals surface area contributed by atoms with Crippen LogP contribution in [0.5, 0.6) is 0 Å². The molecule has 154 valence electrons. The molecule has 0 spiro atoms. The third kappa shape index (κ3) is 2.74. The lowest BCUT2D eigenvalue weighted by atomic mass is 9.96. The van der Waals surface area contributed by atoms with Crippen LogP contribution in [0.1, 0.15) is 41.6 Å². The van der Waals surface area contributed by atoms with Crippen LogP contribution in [0.3, 0.4) is 0 Å². The summed E-state index contributed by atoms with van der Waals surface area (Å²) in [5.41, 5.74) is -0.106. The van der Waals surface area contributed by atoms with Gasteiger partial charge in [-0.1, -0.05) is 41.4 Å². The number of amides is 2. The number of carbonyl (C=O) groups excluding carboxylic acids is 3. The van der Waals surface area contributed by atoms with E-state index in [0.717, 1.165) is 12.8 Å². The fourth-order valence-electron chi connectivity index (χ4n) is 4.44. The van der Waals surface area contributed by atoms with Gasteiger partial charge in [-0.15, -0.1) is 0 Å². The molecule has 3 aliphatic rings. The van der Waals surface area contributed by atoms with Crippen LogP contribution in [0.2, 0.25) is 10.0 Å². The van der Waals surface area contributed by atoms with Crippen molar-refractivity contribution in [1.82, 2.24) is 4.90 Å². The van der Waals surface area contributed by atoms with Crippen molar-refractivity contribution in [3.8, 4) is 0 Å². The van der Waals surface area contributed by atoms with Gasteiger partial charge >= 0.3 is 5.97 Å². The number of halogens is 2. The zero-order valence-electron chi connectivity index (χ0n) is 15.9. The largest absolute Gasteiger partial charge is 0.458 e. The minimum atomic E-state index is -1.47. The van der Waals surface area contributed by atoms with Gasteiger partial charge < -0.3 is 9.64 Å². The van der Waals surface area contributed by atoms with E-state index in [0.29, 0.717) is 26.9 Å². The van der Waals surface area contributed by atoms with Crippen molar-refractivity contribution in [2.75, 3.05) is 4.90 Å². The molecule has 2 amide bonds. The van der Waals surface area contributed by atoms with Gasteiger partial charge in [0.15, 0.2) is 0 Å². The van der Waals surface area contributed by atoms with Crippen LogP contribution in [-0.2, 0) is 20.9 Å². The van der Waals surface area contributed by atoms with Gasteiger partial charge in [-0.05, 0) is 37.1 Å². The van der Waals surface area contributed by atoms with Crippen LogP contribution in [0.15, 0.2) is 42.5 Å². The summed E-state index contributed by atoms with van der Waals surface area (Å²) in [5, 5.41) is 0.771. The molecule has 0 bridgehead atoms. The van der Waals surface area contributed by atoms with Crippen LogP contribution in [-0.4, -0.2) is 34.4 Å². The molecule has 2 aliphatic heterocycles. The van der Waals surface area contributed by atoms with Gasteiger partial charge in [0.05, 0.1) is 11.3 Å². The number of para-hydroxylation sites is 1. The van der Waals surface area contributed by atoms with Gasteiger partial charge in [-0.25, -0.2) is 4.79 Å². The molecule has 5 rings (SSSR count). The number of carbonyl (C=O) groups is 3. The van der Waals surface area contributed by atoms with Gasteiger partial charge in [-0.3, -0.25) is 14.5 Å². The number of hydrogen-bond donors (Lipinski definition) is 0. The molecule has 1 aliphatic carbocycles. The van der Waals surface area contributed by atoms with Gasteiger partial charge in [0.25, 0.3) is 5.91 Å². The van der Waals surface area contributed by atoms with Crippen molar-refractivity contribution in [2.24, 2.45) is 0 Å². The third-order valence-corrected chi connectivity index (χ3v) is 6.66. The van der Waals surface area contributed by atoms with Crippen LogP contribution in [0.25, 0.3) is 0 Å². The Labute approximate surface area is 183 Å². The molecule has 2 heterocycles. The van der Waals surface area contributed by atoms with Crippen LogP contribution in [0, 0.1) is 0 Å². The van der Waals surface area contributed by atoms with Crippen molar-refractivity contribution >= 4 is 46.7 Å². The lowest BCUT2D eigenvalue weighted by Gasteiger charge is -2.48. The highest BCUT2D eigenvalue weighted by Crippen LogP contribution is 2.49. The lowest BCUT2D eigenvalue weighted by Crippen LogP contribution is -2.69. The number of ether oxygens (including phenoxy) is 1. The van der Waals surface area contributed by atoms with Crippen molar-refractivity contribution in [2.45, 2.75) is 44.0 Å². The SMILES string of the molecule is O=C1CC[C@@]2(C(=O)OCc3c(Cl)cccc3Cl)N1c1ccccc1C(=O)N2C1CC1. The minimum absolute atomic E-state index is 0.0873. The Hall–Kier alpha value is -2.57. The number of hydrogen-bond acceptors (Lipinski definition) is 4. The summed E-state index contributed by atoms with van der Waals surface area (Å²) in [6.45, 7) is -0.143. The van der Waals surface area contributed by atoms with Crippen LogP contribution >= 0.6 is 23.2 Å². The second kappa shape index (κ2) is 7.00. The maximum absolute atomic E-state index is 13.5. The number of anilines is 1. The van der Waals surface area contributed by atoms with Crippen LogP contribution < -0.4 is 4.90 Å². The fourth-order valence-corrected chi connectivity index (χ4v) is 4.94. The first-order valence-electron chi connectivity index (χ1n) is 9.81. The molecule has 1 atom stereocenters. The summed E-state index contributed by atoms with van der Waals surface area (Å²) in [7, 11) is 0. The summed E-state index contributed by atoms with van der Waals surface area (Å²) in [5.74, 6) is -1.08. The molecule has 0 unspecified atom stereocenters. The normalized spacial score (nSPS) is 22.7. The van der Waals surface area contributed by atoms with Crippen LogP contribution in [0.4, 0.5) is 5.69 Å². The van der Waals surface area contributed by atoms with E-state index in [1.807, 2.05) is 0 Å². The van der Waals surface area contributed by atoms with E-state index < -0.39 is 11.6 Å². The minimum Gasteiger partial charge on any atom is -0.458 e. The molecule has 30 heavy (non-hydrogen) atoms. The van der Waals surface area contributed by atoms with E-state index in [2.05, 4.69) is 0 Å². The van der Waals surface area contributed by atoms with Crippen molar-refractivity contribution in [1.29, 1.82) is 0 Å². The highest BCUT2D eigenvalue weighted by Gasteiger charge is 2.64. The summed E-state index contributed by atoms with van der Waals surface area (Å²) in [6.07, 6.45) is 1.94. The highest BCUT2D eigenvalue weighted by atomic mass is 35.5. The van der Waals surface area contributed by atoms with Gasteiger partial charge in [0, 0.05) is 34.5 Å². The first kappa shape index (κ1) is 19.4. The molecule has 1 saturated carbocycles. The van der Waals surface area contributed by atoms with E-state index >= 15 is 0 Å². The molecule has 8 heteroatoms. The Morgan fingerprint density at radius 1 is 1.07 bits per heavy atom. The second-order valence-corrected chi connectivity index (χ2v) is 8.56. The number of benzene rings is 2. The Morgan fingerprint density at radius 3 is 2.47 bits per heavy atom. The van der Waals surface area contributed by atoms with Gasteiger partial charge in [0.2, 0.25) is 11.6 Å². The smallest absolute Gasteiger partial charge is 0.354 e. The second-order valence-electron chi connectivity index (χ2n) is 7.75. The fraction of sp³-hybridized carbons (Fsp3) is 0.318. The summed E-state index contributed by atoms with van der Waals surface area (Å²) < 4.78 is 5.66. The predicted molar refractivity (Wildman–Crippen MR) is 111 cm³/mol. The molecule has 2 fully saturated rings. The number of rotatable bonds is 4. The maximum Gasteiger partial charge on any atom is 0.354 e. The summed E-state index contributed by atoms with van der Waals surface area (Å²) in [4.78, 5) is 42.8. The Kier molecular flexibility index (Phi) is 4.52. The molecule has 2 aromatic carbocycles. The third-order valence-electron chi connectivity index (χ3n) is 5.95. The van der Waals surface area contributed by atoms with E-state index in [1.54, 1.807) is 47.4 Å². The van der Waals surface area contributed by atoms with Crippen molar-refractivity contribution in [3.63, 3.8) is 0 Å². The molecule has 2 aromatic rings. The zero-order chi connectivity index (χ0) is 21.0. The Bertz CT molecular complexity index is 1060. The molecule has 0 N–H and O–H groups in total. The Balaban J connectivity index is 1.56. The van der Waals surface area contributed by atoms with E-state index in [-0.39, 0.29) is 37.3 Å². The average Bonchev–Trinajstić information content (AvgIpc) is 3.50. The molecule has 6 nitrogen and oxygen atoms in total. The number of esters is 1. The maximum atomic E-state index is 13.5. The quantitative estimate of drug-likeness (QED) is 0.663. The Morgan fingerprint density at radius 2 is 1.77 bits per heavy atom. The highest BCUT2D eigenvalue weighted by molar-refractivity contribution is 6.36. The van der Waals surface area contributed by atoms with E-state index in [9.17, 15) is 14.4 Å². The first-order chi connectivity index (χ1) is 14.4. The van der Waals surface area contributed by atoms with Gasteiger partial charge in [-0.2, -0.15) is 0 Å². The zero-order valence-corrected chi connectivity index (χ0v) is 17.4. The lowest BCUT2D eigenvalue weighted by molar-refractivity contribution is -0.159. The molecular formula is C22H18Cl2N2O4. The van der Waals surface area contributed by atoms with Crippen molar-refractivity contribution in [3.05, 3.63) is 63.6 Å².